The lowest BCUT2D eigenvalue weighted by Crippen LogP contribution is -2.19. The fourth-order valence-corrected chi connectivity index (χ4v) is 3.24. The van der Waals surface area contributed by atoms with Crippen molar-refractivity contribution in [2.24, 2.45) is 0 Å². The summed E-state index contributed by atoms with van der Waals surface area (Å²) >= 11 is 1.30. The average Bonchev–Trinajstić information content (AvgIpc) is 2.80. The number of rotatable bonds is 3. The SMILES string of the molecule is CCn1c(Sc2cc3c(cc2N)CCC(=O)N3)n[nH]c1=O. The van der Waals surface area contributed by atoms with E-state index in [0.29, 0.717) is 30.2 Å². The van der Waals surface area contributed by atoms with Crippen LogP contribution in [0.4, 0.5) is 11.4 Å². The Hall–Kier alpha value is -2.22. The van der Waals surface area contributed by atoms with E-state index >= 15 is 0 Å². The van der Waals surface area contributed by atoms with E-state index in [4.69, 9.17) is 5.73 Å². The lowest BCUT2D eigenvalue weighted by Gasteiger charge is -2.18. The number of hydrogen-bond donors (Lipinski definition) is 3. The number of hydrogen-bond acceptors (Lipinski definition) is 5. The first-order valence-corrected chi connectivity index (χ1v) is 7.45. The van der Waals surface area contributed by atoms with Crippen molar-refractivity contribution in [1.29, 1.82) is 0 Å². The Morgan fingerprint density at radius 1 is 1.38 bits per heavy atom. The maximum atomic E-state index is 11.6. The number of aromatic nitrogens is 3. The Bertz CT molecular complexity index is 764. The van der Waals surface area contributed by atoms with Crippen molar-refractivity contribution in [2.75, 3.05) is 11.1 Å². The molecule has 8 heteroatoms. The molecule has 1 aromatic carbocycles. The minimum Gasteiger partial charge on any atom is -0.398 e. The van der Waals surface area contributed by atoms with Crippen LogP contribution in [0.3, 0.4) is 0 Å². The van der Waals surface area contributed by atoms with Gasteiger partial charge in [0.1, 0.15) is 0 Å². The van der Waals surface area contributed by atoms with Crippen LogP contribution in [0, 0.1) is 0 Å². The Kier molecular flexibility index (Phi) is 3.46. The van der Waals surface area contributed by atoms with Crippen molar-refractivity contribution >= 4 is 29.0 Å². The van der Waals surface area contributed by atoms with Gasteiger partial charge < -0.3 is 11.1 Å². The molecule has 7 nitrogen and oxygen atoms in total. The highest BCUT2D eigenvalue weighted by Crippen LogP contribution is 2.36. The van der Waals surface area contributed by atoms with Gasteiger partial charge in [-0.05, 0) is 42.8 Å². The summed E-state index contributed by atoms with van der Waals surface area (Å²) in [6.07, 6.45) is 1.17. The van der Waals surface area contributed by atoms with E-state index in [9.17, 15) is 9.59 Å². The van der Waals surface area contributed by atoms with E-state index in [-0.39, 0.29) is 11.6 Å². The van der Waals surface area contributed by atoms with E-state index in [1.54, 1.807) is 0 Å². The maximum absolute atomic E-state index is 11.6. The van der Waals surface area contributed by atoms with Crippen LogP contribution in [-0.4, -0.2) is 20.7 Å². The number of nitrogens with one attached hydrogen (secondary N) is 2. The fourth-order valence-electron chi connectivity index (χ4n) is 2.27. The van der Waals surface area contributed by atoms with Gasteiger partial charge in [0.2, 0.25) is 5.91 Å². The standard InChI is InChI=1S/C13H15N5O2S/c1-2-18-12(20)16-17-13(18)21-10-6-9-7(5-8(10)14)3-4-11(19)15-9/h5-6H,2-4,14H2,1H3,(H,15,19)(H,16,20). The zero-order valence-corrected chi connectivity index (χ0v) is 12.3. The number of carbonyl (C=O) groups excluding carboxylic acids is 1. The summed E-state index contributed by atoms with van der Waals surface area (Å²) in [4.78, 5) is 23.8. The Morgan fingerprint density at radius 3 is 2.95 bits per heavy atom. The van der Waals surface area contributed by atoms with Crippen LogP contribution in [-0.2, 0) is 17.8 Å². The molecule has 0 saturated carbocycles. The van der Waals surface area contributed by atoms with Crippen LogP contribution in [0.25, 0.3) is 0 Å². The minimum atomic E-state index is -0.246. The number of benzene rings is 1. The van der Waals surface area contributed by atoms with Crippen molar-refractivity contribution in [3.05, 3.63) is 28.2 Å². The predicted molar refractivity (Wildman–Crippen MR) is 80.4 cm³/mol. The number of carbonyl (C=O) groups is 1. The van der Waals surface area contributed by atoms with E-state index in [0.717, 1.165) is 16.1 Å². The van der Waals surface area contributed by atoms with Gasteiger partial charge in [0, 0.05) is 29.2 Å². The molecule has 3 rings (SSSR count). The predicted octanol–water partition coefficient (Wildman–Crippen LogP) is 1.21. The molecule has 1 aliphatic heterocycles. The number of nitrogens with two attached hydrogens (primary N) is 1. The second-order valence-electron chi connectivity index (χ2n) is 4.75. The third-order valence-corrected chi connectivity index (χ3v) is 4.44. The highest BCUT2D eigenvalue weighted by Gasteiger charge is 2.18. The molecule has 0 unspecified atom stereocenters. The van der Waals surface area contributed by atoms with Gasteiger partial charge in [0.05, 0.1) is 0 Å². The smallest absolute Gasteiger partial charge is 0.343 e. The summed E-state index contributed by atoms with van der Waals surface area (Å²) in [7, 11) is 0. The molecule has 2 aromatic rings. The molecule has 0 saturated heterocycles. The van der Waals surface area contributed by atoms with E-state index in [1.807, 2.05) is 19.1 Å². The molecular weight excluding hydrogens is 290 g/mol. The van der Waals surface area contributed by atoms with Crippen LogP contribution < -0.4 is 16.7 Å². The number of aryl methyl sites for hydroxylation is 1. The van der Waals surface area contributed by atoms with Crippen LogP contribution >= 0.6 is 11.8 Å². The van der Waals surface area contributed by atoms with Crippen LogP contribution in [0.5, 0.6) is 0 Å². The number of nitrogens with zero attached hydrogens (tertiary/aromatic N) is 2. The van der Waals surface area contributed by atoms with Crippen LogP contribution in [0.1, 0.15) is 18.9 Å². The van der Waals surface area contributed by atoms with Crippen molar-refractivity contribution in [2.45, 2.75) is 36.4 Å². The minimum absolute atomic E-state index is 0.00783. The molecule has 2 heterocycles. The first-order valence-electron chi connectivity index (χ1n) is 6.63. The number of nitrogen functional groups attached to an aromatic ring is 1. The summed E-state index contributed by atoms with van der Waals surface area (Å²) in [6.45, 7) is 2.40. The Balaban J connectivity index is 1.97. The lowest BCUT2D eigenvalue weighted by molar-refractivity contribution is -0.116. The molecule has 1 amide bonds. The van der Waals surface area contributed by atoms with Gasteiger partial charge in [-0.3, -0.25) is 9.36 Å². The summed E-state index contributed by atoms with van der Waals surface area (Å²) in [5.41, 5.74) is 8.25. The number of H-pyrrole nitrogens is 1. The van der Waals surface area contributed by atoms with Crippen LogP contribution in [0.15, 0.2) is 27.0 Å². The molecule has 0 bridgehead atoms. The third-order valence-electron chi connectivity index (χ3n) is 3.37. The van der Waals surface area contributed by atoms with Crippen molar-refractivity contribution < 1.29 is 4.79 Å². The summed E-state index contributed by atoms with van der Waals surface area (Å²) in [5, 5.41) is 9.81. The zero-order valence-electron chi connectivity index (χ0n) is 11.5. The van der Waals surface area contributed by atoms with Gasteiger partial charge in [-0.15, -0.1) is 5.10 Å². The maximum Gasteiger partial charge on any atom is 0.343 e. The number of aromatic amines is 1. The largest absolute Gasteiger partial charge is 0.398 e. The van der Waals surface area contributed by atoms with E-state index in [2.05, 4.69) is 15.5 Å². The summed E-state index contributed by atoms with van der Waals surface area (Å²) < 4.78 is 1.53. The highest BCUT2D eigenvalue weighted by atomic mass is 32.2. The summed E-state index contributed by atoms with van der Waals surface area (Å²) in [6, 6.07) is 3.71. The molecule has 110 valence electrons. The molecular formula is C13H15N5O2S. The zero-order chi connectivity index (χ0) is 15.0. The average molecular weight is 305 g/mol. The third kappa shape index (κ3) is 2.54. The molecule has 0 spiro atoms. The number of fused-ring (bicyclic) bond motifs is 1. The Morgan fingerprint density at radius 2 is 2.19 bits per heavy atom. The van der Waals surface area contributed by atoms with Crippen molar-refractivity contribution in [3.63, 3.8) is 0 Å². The number of amides is 1. The molecule has 21 heavy (non-hydrogen) atoms. The van der Waals surface area contributed by atoms with E-state index in [1.165, 1.54) is 16.3 Å². The summed E-state index contributed by atoms with van der Waals surface area (Å²) in [5.74, 6) is 0.00783. The van der Waals surface area contributed by atoms with Gasteiger partial charge in [-0.25, -0.2) is 9.89 Å². The topological polar surface area (TPSA) is 106 Å². The fraction of sp³-hybridized carbons (Fsp3) is 0.308. The monoisotopic (exact) mass is 305 g/mol. The molecule has 0 fully saturated rings. The Labute approximate surface area is 124 Å². The molecule has 0 radical (unpaired) electrons. The second-order valence-corrected chi connectivity index (χ2v) is 5.76. The van der Waals surface area contributed by atoms with Gasteiger partial charge in [-0.1, -0.05) is 0 Å². The van der Waals surface area contributed by atoms with Gasteiger partial charge in [0.25, 0.3) is 0 Å². The lowest BCUT2D eigenvalue weighted by atomic mass is 10.0. The van der Waals surface area contributed by atoms with Crippen molar-refractivity contribution in [3.8, 4) is 0 Å². The molecule has 0 atom stereocenters. The van der Waals surface area contributed by atoms with Gasteiger partial charge >= 0.3 is 5.69 Å². The normalized spacial score (nSPS) is 13.9. The van der Waals surface area contributed by atoms with E-state index < -0.39 is 0 Å². The molecule has 1 aromatic heterocycles. The number of anilines is 2. The first kappa shape index (κ1) is 13.7. The van der Waals surface area contributed by atoms with Gasteiger partial charge in [-0.2, -0.15) is 0 Å². The first-order chi connectivity index (χ1) is 10.1. The second kappa shape index (κ2) is 5.28. The molecule has 1 aliphatic rings. The van der Waals surface area contributed by atoms with Crippen molar-refractivity contribution in [1.82, 2.24) is 14.8 Å². The highest BCUT2D eigenvalue weighted by molar-refractivity contribution is 7.99. The quantitative estimate of drug-likeness (QED) is 0.739. The molecule has 4 N–H and O–H groups in total. The van der Waals surface area contributed by atoms with Gasteiger partial charge in [0.15, 0.2) is 5.16 Å². The van der Waals surface area contributed by atoms with Crippen LogP contribution in [0.2, 0.25) is 0 Å². The molecule has 0 aliphatic carbocycles.